The molecule has 88 valence electrons. The van der Waals surface area contributed by atoms with E-state index in [0.29, 0.717) is 12.5 Å². The zero-order valence-electron chi connectivity index (χ0n) is 9.29. The fraction of sp³-hybridized carbons (Fsp3) is 0.200. The van der Waals surface area contributed by atoms with E-state index in [9.17, 15) is 0 Å². The number of aromatic nitrogens is 4. The van der Waals surface area contributed by atoms with Gasteiger partial charge in [0.1, 0.15) is 0 Å². The predicted octanol–water partition coefficient (Wildman–Crippen LogP) is 0.469. The minimum absolute atomic E-state index is 0.116. The van der Waals surface area contributed by atoms with Crippen LogP contribution in [0, 0.1) is 0 Å². The van der Waals surface area contributed by atoms with Gasteiger partial charge in [-0.2, -0.15) is 15.0 Å². The summed E-state index contributed by atoms with van der Waals surface area (Å²) in [5, 5.41) is 3.01. The molecule has 0 radical (unpaired) electrons. The zero-order valence-corrected chi connectivity index (χ0v) is 9.29. The maximum atomic E-state index is 5.51. The number of rotatable bonds is 4. The van der Waals surface area contributed by atoms with E-state index in [1.807, 2.05) is 12.1 Å². The summed E-state index contributed by atoms with van der Waals surface area (Å²) in [6, 6.07) is 3.99. The Balaban J connectivity index is 2.06. The number of ether oxygens (including phenoxy) is 1. The molecule has 0 bridgehead atoms. The Morgan fingerprint density at radius 2 is 2.24 bits per heavy atom. The molecule has 0 saturated heterocycles. The molecule has 2 aromatic heterocycles. The lowest BCUT2D eigenvalue weighted by atomic mass is 10.3. The maximum absolute atomic E-state index is 5.51. The molecular formula is C10H12N6O. The van der Waals surface area contributed by atoms with Crippen molar-refractivity contribution in [1.82, 2.24) is 19.9 Å². The normalized spacial score (nSPS) is 9.94. The van der Waals surface area contributed by atoms with Crippen molar-refractivity contribution >= 4 is 11.9 Å². The largest absolute Gasteiger partial charge is 0.467 e. The van der Waals surface area contributed by atoms with E-state index in [-0.39, 0.29) is 12.0 Å². The van der Waals surface area contributed by atoms with E-state index in [1.165, 1.54) is 7.11 Å². The maximum Gasteiger partial charge on any atom is 0.322 e. The molecule has 0 fully saturated rings. The van der Waals surface area contributed by atoms with Crippen molar-refractivity contribution in [1.29, 1.82) is 0 Å². The van der Waals surface area contributed by atoms with Gasteiger partial charge in [-0.1, -0.05) is 6.07 Å². The van der Waals surface area contributed by atoms with Crippen LogP contribution in [-0.2, 0) is 6.54 Å². The van der Waals surface area contributed by atoms with Crippen molar-refractivity contribution in [2.75, 3.05) is 18.2 Å². The van der Waals surface area contributed by atoms with E-state index >= 15 is 0 Å². The van der Waals surface area contributed by atoms with Gasteiger partial charge in [-0.15, -0.1) is 0 Å². The fourth-order valence-corrected chi connectivity index (χ4v) is 1.23. The number of nitrogen functional groups attached to an aromatic ring is 1. The third-order valence-corrected chi connectivity index (χ3v) is 1.99. The van der Waals surface area contributed by atoms with E-state index in [2.05, 4.69) is 25.3 Å². The quantitative estimate of drug-likeness (QED) is 0.790. The topological polar surface area (TPSA) is 98.8 Å². The molecule has 0 amide bonds. The summed E-state index contributed by atoms with van der Waals surface area (Å²) in [4.78, 5) is 15.7. The molecule has 0 unspecified atom stereocenters. The molecule has 0 aliphatic rings. The third-order valence-electron chi connectivity index (χ3n) is 1.99. The van der Waals surface area contributed by atoms with Gasteiger partial charge in [-0.3, -0.25) is 4.98 Å². The second kappa shape index (κ2) is 5.06. The predicted molar refractivity (Wildman–Crippen MR) is 62.4 cm³/mol. The highest BCUT2D eigenvalue weighted by Gasteiger charge is 2.03. The summed E-state index contributed by atoms with van der Waals surface area (Å²) < 4.78 is 4.89. The molecule has 3 N–H and O–H groups in total. The molecule has 2 aromatic rings. The van der Waals surface area contributed by atoms with Crippen LogP contribution in [0.2, 0.25) is 0 Å². The van der Waals surface area contributed by atoms with E-state index in [1.54, 1.807) is 12.4 Å². The minimum Gasteiger partial charge on any atom is -0.467 e. The van der Waals surface area contributed by atoms with Crippen molar-refractivity contribution in [2.45, 2.75) is 6.54 Å². The molecule has 17 heavy (non-hydrogen) atoms. The Bertz CT molecular complexity index is 489. The van der Waals surface area contributed by atoms with Crippen molar-refractivity contribution in [3.8, 4) is 6.01 Å². The highest BCUT2D eigenvalue weighted by atomic mass is 16.5. The van der Waals surface area contributed by atoms with Crippen LogP contribution in [0.25, 0.3) is 0 Å². The molecule has 0 atom stereocenters. The average molecular weight is 232 g/mol. The zero-order chi connectivity index (χ0) is 12.1. The van der Waals surface area contributed by atoms with Crippen LogP contribution >= 0.6 is 0 Å². The van der Waals surface area contributed by atoms with Gasteiger partial charge < -0.3 is 15.8 Å². The SMILES string of the molecule is COc1nc(N)nc(NCc2cccnc2)n1. The Labute approximate surface area is 98.1 Å². The number of methoxy groups -OCH3 is 1. The van der Waals surface area contributed by atoms with Gasteiger partial charge in [-0.25, -0.2) is 0 Å². The first-order chi connectivity index (χ1) is 8.28. The molecule has 2 rings (SSSR count). The Kier molecular flexibility index (Phi) is 3.29. The molecule has 7 nitrogen and oxygen atoms in total. The van der Waals surface area contributed by atoms with E-state index < -0.39 is 0 Å². The van der Waals surface area contributed by atoms with Gasteiger partial charge in [-0.05, 0) is 11.6 Å². The standard InChI is InChI=1S/C10H12N6O/c1-17-10-15-8(11)14-9(16-10)13-6-7-3-2-4-12-5-7/h2-5H,6H2,1H3,(H3,11,13,14,15,16). The van der Waals surface area contributed by atoms with Crippen LogP contribution in [0.3, 0.4) is 0 Å². The van der Waals surface area contributed by atoms with Gasteiger partial charge >= 0.3 is 6.01 Å². The molecule has 2 heterocycles. The molecule has 0 aliphatic heterocycles. The Morgan fingerprint density at radius 1 is 1.35 bits per heavy atom. The van der Waals surface area contributed by atoms with Crippen molar-refractivity contribution in [3.63, 3.8) is 0 Å². The number of anilines is 2. The van der Waals surface area contributed by atoms with Crippen LogP contribution < -0.4 is 15.8 Å². The van der Waals surface area contributed by atoms with E-state index in [0.717, 1.165) is 5.56 Å². The third kappa shape index (κ3) is 3.00. The summed E-state index contributed by atoms with van der Waals surface area (Å²) in [6.45, 7) is 0.556. The molecule has 0 saturated carbocycles. The number of nitrogens with two attached hydrogens (primary N) is 1. The first-order valence-corrected chi connectivity index (χ1v) is 4.96. The second-order valence-corrected chi connectivity index (χ2v) is 3.22. The average Bonchev–Trinajstić information content (AvgIpc) is 2.37. The Hall–Kier alpha value is -2.44. The highest BCUT2D eigenvalue weighted by molar-refractivity contribution is 5.33. The number of nitrogens with zero attached hydrogens (tertiary/aromatic N) is 4. The van der Waals surface area contributed by atoms with Crippen LogP contribution in [0.5, 0.6) is 6.01 Å². The summed E-state index contributed by atoms with van der Waals surface area (Å²) in [7, 11) is 1.47. The van der Waals surface area contributed by atoms with Gasteiger partial charge in [0.25, 0.3) is 0 Å². The van der Waals surface area contributed by atoms with Crippen LogP contribution in [0.15, 0.2) is 24.5 Å². The number of nitrogens with one attached hydrogen (secondary N) is 1. The first-order valence-electron chi connectivity index (χ1n) is 4.96. The smallest absolute Gasteiger partial charge is 0.322 e. The minimum atomic E-state index is 0.116. The van der Waals surface area contributed by atoms with Gasteiger partial charge in [0, 0.05) is 18.9 Å². The first kappa shape index (κ1) is 11.1. The van der Waals surface area contributed by atoms with Crippen LogP contribution in [0.1, 0.15) is 5.56 Å². The highest BCUT2D eigenvalue weighted by Crippen LogP contribution is 2.09. The summed E-state index contributed by atoms with van der Waals surface area (Å²) in [6.07, 6.45) is 3.47. The number of hydrogen-bond acceptors (Lipinski definition) is 7. The molecule has 0 spiro atoms. The van der Waals surface area contributed by atoms with Crippen molar-refractivity contribution < 1.29 is 4.74 Å². The summed E-state index contributed by atoms with van der Waals surface area (Å²) in [5.74, 6) is 0.490. The monoisotopic (exact) mass is 232 g/mol. The summed E-state index contributed by atoms with van der Waals surface area (Å²) >= 11 is 0. The lowest BCUT2D eigenvalue weighted by molar-refractivity contribution is 0.379. The van der Waals surface area contributed by atoms with Crippen molar-refractivity contribution in [2.24, 2.45) is 0 Å². The molecule has 7 heteroatoms. The molecule has 0 aliphatic carbocycles. The summed E-state index contributed by atoms with van der Waals surface area (Å²) in [5.41, 5.74) is 6.53. The van der Waals surface area contributed by atoms with Gasteiger partial charge in [0.2, 0.25) is 11.9 Å². The van der Waals surface area contributed by atoms with Crippen LogP contribution in [0.4, 0.5) is 11.9 Å². The Morgan fingerprint density at radius 3 is 2.94 bits per heavy atom. The number of hydrogen-bond donors (Lipinski definition) is 2. The fourth-order valence-electron chi connectivity index (χ4n) is 1.23. The molecular weight excluding hydrogens is 220 g/mol. The second-order valence-electron chi connectivity index (χ2n) is 3.22. The van der Waals surface area contributed by atoms with Crippen molar-refractivity contribution in [3.05, 3.63) is 30.1 Å². The van der Waals surface area contributed by atoms with Crippen LogP contribution in [-0.4, -0.2) is 27.0 Å². The van der Waals surface area contributed by atoms with E-state index in [4.69, 9.17) is 10.5 Å². The lowest BCUT2D eigenvalue weighted by Crippen LogP contribution is -2.08. The molecule has 0 aromatic carbocycles. The lowest BCUT2D eigenvalue weighted by Gasteiger charge is -2.06. The number of pyridine rings is 1. The van der Waals surface area contributed by atoms with Gasteiger partial charge in [0.15, 0.2) is 0 Å². The van der Waals surface area contributed by atoms with Gasteiger partial charge in [0.05, 0.1) is 7.11 Å².